The first kappa shape index (κ1) is 17.3. The van der Waals surface area contributed by atoms with Crippen molar-refractivity contribution in [2.75, 3.05) is 13.2 Å². The molecule has 2 fully saturated rings. The fraction of sp³-hybridized carbons (Fsp3) is 0.579. The maximum Gasteiger partial charge on any atom is 0.317 e. The van der Waals surface area contributed by atoms with E-state index in [9.17, 15) is 9.59 Å². The van der Waals surface area contributed by atoms with Crippen LogP contribution in [0.2, 0.25) is 5.02 Å². The molecule has 1 aromatic carbocycles. The third kappa shape index (κ3) is 3.30. The van der Waals surface area contributed by atoms with Crippen molar-refractivity contribution in [3.05, 3.63) is 34.9 Å². The predicted molar refractivity (Wildman–Crippen MR) is 93.0 cm³/mol. The van der Waals surface area contributed by atoms with Gasteiger partial charge in [-0.2, -0.15) is 0 Å². The Bertz CT molecular complexity index is 610. The number of ether oxygens (including phenoxy) is 1. The van der Waals surface area contributed by atoms with Gasteiger partial charge in [0.25, 0.3) is 5.91 Å². The number of carbonyl (C=O) groups excluding carboxylic acids is 2. The molecular weight excluding hydrogens is 326 g/mol. The van der Waals surface area contributed by atoms with E-state index in [2.05, 4.69) is 6.92 Å². The zero-order valence-corrected chi connectivity index (χ0v) is 14.8. The third-order valence-corrected chi connectivity index (χ3v) is 5.70. The SMILES string of the molecule is CC1CCCCN1C(=O)COC(=O)C1(c2ccc(Cl)cc2)CCC1. The second-order valence-corrected chi connectivity index (χ2v) is 7.39. The molecular formula is C19H24ClNO3. The van der Waals surface area contributed by atoms with Gasteiger partial charge in [0.1, 0.15) is 0 Å². The fourth-order valence-electron chi connectivity index (χ4n) is 3.73. The summed E-state index contributed by atoms with van der Waals surface area (Å²) in [5.74, 6) is -0.366. The molecule has 130 valence electrons. The van der Waals surface area contributed by atoms with Crippen LogP contribution in [0.3, 0.4) is 0 Å². The van der Waals surface area contributed by atoms with Gasteiger partial charge in [-0.1, -0.05) is 30.2 Å². The maximum atomic E-state index is 12.7. The van der Waals surface area contributed by atoms with E-state index in [0.717, 1.165) is 50.6 Å². The van der Waals surface area contributed by atoms with E-state index >= 15 is 0 Å². The van der Waals surface area contributed by atoms with Crippen LogP contribution in [0.1, 0.15) is 51.0 Å². The number of hydrogen-bond acceptors (Lipinski definition) is 3. The molecule has 1 heterocycles. The number of hydrogen-bond donors (Lipinski definition) is 0. The van der Waals surface area contributed by atoms with Crippen LogP contribution in [0.4, 0.5) is 0 Å². The van der Waals surface area contributed by atoms with Crippen molar-refractivity contribution in [1.29, 1.82) is 0 Å². The molecule has 1 aliphatic heterocycles. The molecule has 0 N–H and O–H groups in total. The lowest BCUT2D eigenvalue weighted by atomic mass is 9.64. The van der Waals surface area contributed by atoms with E-state index in [1.807, 2.05) is 17.0 Å². The minimum Gasteiger partial charge on any atom is -0.455 e. The summed E-state index contributed by atoms with van der Waals surface area (Å²) < 4.78 is 5.43. The standard InChI is InChI=1S/C19H24ClNO3/c1-14-5-2-3-12-21(14)17(22)13-24-18(23)19(10-4-11-19)15-6-8-16(20)9-7-15/h6-9,14H,2-5,10-13H2,1H3. The zero-order chi connectivity index (χ0) is 17.2. The largest absolute Gasteiger partial charge is 0.455 e. The van der Waals surface area contributed by atoms with Crippen LogP contribution in [0, 0.1) is 0 Å². The van der Waals surface area contributed by atoms with E-state index in [4.69, 9.17) is 16.3 Å². The van der Waals surface area contributed by atoms with Crippen molar-refractivity contribution < 1.29 is 14.3 Å². The number of piperidine rings is 1. The Morgan fingerprint density at radius 2 is 1.92 bits per heavy atom. The zero-order valence-electron chi connectivity index (χ0n) is 14.1. The van der Waals surface area contributed by atoms with E-state index in [1.54, 1.807) is 12.1 Å². The number of amides is 1. The number of benzene rings is 1. The number of rotatable bonds is 4. The van der Waals surface area contributed by atoms with Crippen molar-refractivity contribution in [1.82, 2.24) is 4.90 Å². The van der Waals surface area contributed by atoms with Crippen LogP contribution < -0.4 is 0 Å². The maximum absolute atomic E-state index is 12.7. The molecule has 0 radical (unpaired) electrons. The smallest absolute Gasteiger partial charge is 0.317 e. The molecule has 4 nitrogen and oxygen atoms in total. The molecule has 1 atom stereocenters. The fourth-order valence-corrected chi connectivity index (χ4v) is 3.85. The lowest BCUT2D eigenvalue weighted by Crippen LogP contribution is -2.47. The van der Waals surface area contributed by atoms with Crippen LogP contribution in [-0.4, -0.2) is 36.0 Å². The summed E-state index contributed by atoms with van der Waals surface area (Å²) in [7, 11) is 0. The van der Waals surface area contributed by atoms with E-state index in [1.165, 1.54) is 0 Å². The number of halogens is 1. The quantitative estimate of drug-likeness (QED) is 0.778. The molecule has 24 heavy (non-hydrogen) atoms. The van der Waals surface area contributed by atoms with Crippen LogP contribution in [0.15, 0.2) is 24.3 Å². The summed E-state index contributed by atoms with van der Waals surface area (Å²) in [4.78, 5) is 26.9. The van der Waals surface area contributed by atoms with Gasteiger partial charge in [0.2, 0.25) is 0 Å². The van der Waals surface area contributed by atoms with Gasteiger partial charge in [-0.3, -0.25) is 9.59 Å². The molecule has 1 unspecified atom stereocenters. The van der Waals surface area contributed by atoms with Gasteiger partial charge in [0.05, 0.1) is 5.41 Å². The Kier molecular flexibility index (Phi) is 5.14. The first-order chi connectivity index (χ1) is 11.5. The Morgan fingerprint density at radius 1 is 1.21 bits per heavy atom. The number of likely N-dealkylation sites (tertiary alicyclic amines) is 1. The molecule has 0 spiro atoms. The summed E-state index contributed by atoms with van der Waals surface area (Å²) in [6.07, 6.45) is 5.73. The molecule has 2 aliphatic rings. The molecule has 1 saturated carbocycles. The lowest BCUT2D eigenvalue weighted by Gasteiger charge is -2.40. The Labute approximate surface area is 148 Å². The lowest BCUT2D eigenvalue weighted by molar-refractivity contribution is -0.161. The highest BCUT2D eigenvalue weighted by atomic mass is 35.5. The average Bonchev–Trinajstić information content (AvgIpc) is 2.54. The summed E-state index contributed by atoms with van der Waals surface area (Å²) in [5.41, 5.74) is 0.334. The van der Waals surface area contributed by atoms with Crippen LogP contribution in [0.5, 0.6) is 0 Å². The van der Waals surface area contributed by atoms with Crippen molar-refractivity contribution >= 4 is 23.5 Å². The number of carbonyl (C=O) groups is 2. The average molecular weight is 350 g/mol. The van der Waals surface area contributed by atoms with Gasteiger partial charge in [0, 0.05) is 17.6 Å². The Morgan fingerprint density at radius 3 is 2.50 bits per heavy atom. The van der Waals surface area contributed by atoms with Crippen LogP contribution in [0.25, 0.3) is 0 Å². The molecule has 1 saturated heterocycles. The summed E-state index contributed by atoms with van der Waals surface area (Å²) in [5, 5.41) is 0.649. The number of esters is 1. The summed E-state index contributed by atoms with van der Waals surface area (Å²) in [6, 6.07) is 7.60. The highest BCUT2D eigenvalue weighted by Crippen LogP contribution is 2.45. The minimum absolute atomic E-state index is 0.0823. The highest BCUT2D eigenvalue weighted by Gasteiger charge is 2.47. The first-order valence-corrected chi connectivity index (χ1v) is 9.13. The topological polar surface area (TPSA) is 46.6 Å². The number of nitrogens with zero attached hydrogens (tertiary/aromatic N) is 1. The van der Waals surface area contributed by atoms with Crippen molar-refractivity contribution in [2.24, 2.45) is 0 Å². The second kappa shape index (κ2) is 7.14. The van der Waals surface area contributed by atoms with Gasteiger partial charge < -0.3 is 9.64 Å². The van der Waals surface area contributed by atoms with Gasteiger partial charge in [-0.25, -0.2) is 0 Å². The normalized spacial score (nSPS) is 22.6. The van der Waals surface area contributed by atoms with Gasteiger partial charge in [-0.05, 0) is 56.7 Å². The van der Waals surface area contributed by atoms with E-state index < -0.39 is 5.41 Å². The summed E-state index contributed by atoms with van der Waals surface area (Å²) in [6.45, 7) is 2.67. The summed E-state index contributed by atoms with van der Waals surface area (Å²) >= 11 is 5.94. The van der Waals surface area contributed by atoms with Gasteiger partial charge in [-0.15, -0.1) is 0 Å². The monoisotopic (exact) mass is 349 g/mol. The predicted octanol–water partition coefficient (Wildman–Crippen LogP) is 3.71. The van der Waals surface area contributed by atoms with Crippen molar-refractivity contribution in [3.8, 4) is 0 Å². The van der Waals surface area contributed by atoms with Crippen molar-refractivity contribution in [3.63, 3.8) is 0 Å². The Balaban J connectivity index is 1.63. The molecule has 5 heteroatoms. The minimum atomic E-state index is -0.599. The second-order valence-electron chi connectivity index (χ2n) is 6.95. The van der Waals surface area contributed by atoms with Crippen LogP contribution in [-0.2, 0) is 19.7 Å². The first-order valence-electron chi connectivity index (χ1n) is 8.76. The molecule has 1 amide bonds. The molecule has 1 aromatic rings. The third-order valence-electron chi connectivity index (χ3n) is 5.44. The van der Waals surface area contributed by atoms with E-state index in [0.29, 0.717) is 5.02 Å². The Hall–Kier alpha value is -1.55. The van der Waals surface area contributed by atoms with Crippen LogP contribution >= 0.6 is 11.6 Å². The molecule has 1 aliphatic carbocycles. The van der Waals surface area contributed by atoms with Gasteiger partial charge in [0.15, 0.2) is 6.61 Å². The molecule has 3 rings (SSSR count). The van der Waals surface area contributed by atoms with Crippen molar-refractivity contribution in [2.45, 2.75) is 56.9 Å². The van der Waals surface area contributed by atoms with E-state index in [-0.39, 0.29) is 24.5 Å². The highest BCUT2D eigenvalue weighted by molar-refractivity contribution is 6.30. The van der Waals surface area contributed by atoms with Gasteiger partial charge >= 0.3 is 5.97 Å². The molecule has 0 bridgehead atoms. The molecule has 0 aromatic heterocycles.